The summed E-state index contributed by atoms with van der Waals surface area (Å²) in [5.74, 6) is 0. The van der Waals surface area contributed by atoms with E-state index in [1.54, 1.807) is 11.1 Å². The molecule has 1 nitrogen and oxygen atoms in total. The van der Waals surface area contributed by atoms with Crippen LogP contribution in [0.2, 0.25) is 0 Å². The maximum Gasteiger partial charge on any atom is 0.00967 e. The fraction of sp³-hybridized carbons (Fsp3) is 0.700. The molecular weight excluding hydrogens is 254 g/mol. The van der Waals surface area contributed by atoms with E-state index in [4.69, 9.17) is 0 Å². The molecule has 2 rings (SSSR count). The maximum absolute atomic E-state index is 3.74. The zero-order valence-electron chi connectivity index (χ0n) is 14.7. The normalized spacial score (nSPS) is 15.3. The van der Waals surface area contributed by atoms with E-state index in [9.17, 15) is 0 Å². The first kappa shape index (κ1) is 16.5. The predicted octanol–water partition coefficient (Wildman–Crippen LogP) is 4.91. The number of fused-ring (bicyclic) bond motifs is 1. The molecule has 0 heterocycles. The van der Waals surface area contributed by atoms with Crippen LogP contribution in [0.5, 0.6) is 0 Å². The van der Waals surface area contributed by atoms with Gasteiger partial charge in [0.1, 0.15) is 0 Å². The zero-order chi connectivity index (χ0) is 15.5. The molecule has 0 radical (unpaired) electrons. The van der Waals surface area contributed by atoms with Crippen molar-refractivity contribution in [1.29, 1.82) is 0 Å². The van der Waals surface area contributed by atoms with Crippen molar-refractivity contribution >= 4 is 0 Å². The number of nitrogens with one attached hydrogen (secondary N) is 1. The van der Waals surface area contributed by atoms with Gasteiger partial charge in [-0.3, -0.25) is 0 Å². The van der Waals surface area contributed by atoms with Crippen LogP contribution in [0.25, 0.3) is 0 Å². The summed E-state index contributed by atoms with van der Waals surface area (Å²) < 4.78 is 0. The summed E-state index contributed by atoms with van der Waals surface area (Å²) in [4.78, 5) is 0. The average Bonchev–Trinajstić information content (AvgIpc) is 2.90. The lowest BCUT2D eigenvalue weighted by Gasteiger charge is -2.36. The van der Waals surface area contributed by atoms with E-state index in [2.05, 4.69) is 58.1 Å². The third-order valence-corrected chi connectivity index (χ3v) is 5.24. The first-order chi connectivity index (χ1) is 9.87. The molecule has 1 aliphatic carbocycles. The van der Waals surface area contributed by atoms with E-state index in [1.807, 2.05) is 0 Å². The van der Waals surface area contributed by atoms with E-state index in [0.29, 0.717) is 5.41 Å². The Hall–Kier alpha value is -0.820. The predicted molar refractivity (Wildman–Crippen MR) is 92.9 cm³/mol. The lowest BCUT2D eigenvalue weighted by Crippen LogP contribution is -2.44. The van der Waals surface area contributed by atoms with Gasteiger partial charge in [-0.25, -0.2) is 0 Å². The molecule has 1 aromatic carbocycles. The van der Waals surface area contributed by atoms with Crippen LogP contribution < -0.4 is 5.32 Å². The van der Waals surface area contributed by atoms with Crippen molar-refractivity contribution in [2.45, 2.75) is 78.7 Å². The maximum atomic E-state index is 3.74. The summed E-state index contributed by atoms with van der Waals surface area (Å²) in [7, 11) is 0. The highest BCUT2D eigenvalue weighted by Crippen LogP contribution is 2.32. The van der Waals surface area contributed by atoms with Gasteiger partial charge >= 0.3 is 0 Å². The van der Waals surface area contributed by atoms with Gasteiger partial charge in [-0.1, -0.05) is 32.0 Å². The second kappa shape index (κ2) is 6.52. The summed E-state index contributed by atoms with van der Waals surface area (Å²) in [5, 5.41) is 3.74. The molecule has 0 spiro atoms. The van der Waals surface area contributed by atoms with Gasteiger partial charge in [-0.15, -0.1) is 0 Å². The van der Waals surface area contributed by atoms with Crippen LogP contribution in [0.15, 0.2) is 18.2 Å². The van der Waals surface area contributed by atoms with E-state index >= 15 is 0 Å². The standard InChI is InChI=1S/C20H33N/c1-6-20(7-2,15-21-19(3,4)5)14-16-11-12-17-9-8-10-18(17)13-16/h11-13,21H,6-10,14-15H2,1-5H3. The third-order valence-electron chi connectivity index (χ3n) is 5.24. The van der Waals surface area contributed by atoms with Crippen LogP contribution in [0, 0.1) is 5.41 Å². The second-order valence-corrected chi connectivity index (χ2v) is 7.94. The van der Waals surface area contributed by atoms with Gasteiger partial charge in [-0.2, -0.15) is 0 Å². The Morgan fingerprint density at radius 1 is 1.00 bits per heavy atom. The highest BCUT2D eigenvalue weighted by Gasteiger charge is 2.28. The van der Waals surface area contributed by atoms with Gasteiger partial charge in [-0.05, 0) is 81.4 Å². The van der Waals surface area contributed by atoms with Gasteiger partial charge in [0.15, 0.2) is 0 Å². The Balaban J connectivity index is 2.11. The van der Waals surface area contributed by atoms with Crippen LogP contribution in [-0.4, -0.2) is 12.1 Å². The lowest BCUT2D eigenvalue weighted by molar-refractivity contribution is 0.220. The summed E-state index contributed by atoms with van der Waals surface area (Å²) in [6.45, 7) is 12.6. The minimum atomic E-state index is 0.202. The lowest BCUT2D eigenvalue weighted by atomic mass is 9.76. The molecule has 1 heteroatoms. The number of hydrogen-bond donors (Lipinski definition) is 1. The van der Waals surface area contributed by atoms with Crippen LogP contribution in [-0.2, 0) is 19.3 Å². The van der Waals surface area contributed by atoms with Gasteiger partial charge in [0.2, 0.25) is 0 Å². The van der Waals surface area contributed by atoms with Crippen molar-refractivity contribution in [3.8, 4) is 0 Å². The molecule has 0 saturated carbocycles. The fourth-order valence-corrected chi connectivity index (χ4v) is 3.43. The van der Waals surface area contributed by atoms with Gasteiger partial charge in [0.05, 0.1) is 0 Å². The number of aryl methyl sites for hydroxylation is 2. The van der Waals surface area contributed by atoms with Gasteiger partial charge < -0.3 is 5.32 Å². The largest absolute Gasteiger partial charge is 0.312 e. The minimum Gasteiger partial charge on any atom is -0.312 e. The molecule has 0 unspecified atom stereocenters. The van der Waals surface area contributed by atoms with E-state index in [1.165, 1.54) is 44.1 Å². The quantitative estimate of drug-likeness (QED) is 0.783. The molecule has 21 heavy (non-hydrogen) atoms. The number of rotatable bonds is 6. The van der Waals surface area contributed by atoms with Crippen molar-refractivity contribution in [1.82, 2.24) is 5.32 Å². The molecule has 0 atom stereocenters. The molecule has 1 aromatic rings. The molecule has 1 N–H and O–H groups in total. The van der Waals surface area contributed by atoms with Crippen LogP contribution in [0.1, 0.15) is 70.6 Å². The third kappa shape index (κ3) is 4.32. The summed E-state index contributed by atoms with van der Waals surface area (Å²) in [6, 6.07) is 7.24. The van der Waals surface area contributed by atoms with E-state index in [0.717, 1.165) is 6.54 Å². The van der Waals surface area contributed by atoms with E-state index < -0.39 is 0 Å². The Bertz CT molecular complexity index is 463. The molecular formula is C20H33N. The first-order valence-electron chi connectivity index (χ1n) is 8.73. The Labute approximate surface area is 131 Å². The SMILES string of the molecule is CCC(CC)(CNC(C)(C)C)Cc1ccc2c(c1)CCC2. The smallest absolute Gasteiger partial charge is 0.00967 e. The molecule has 0 bridgehead atoms. The monoisotopic (exact) mass is 287 g/mol. The van der Waals surface area contributed by atoms with Crippen molar-refractivity contribution < 1.29 is 0 Å². The van der Waals surface area contributed by atoms with Crippen molar-refractivity contribution in [2.24, 2.45) is 5.41 Å². The highest BCUT2D eigenvalue weighted by atomic mass is 15.0. The second-order valence-electron chi connectivity index (χ2n) is 7.94. The topological polar surface area (TPSA) is 12.0 Å². The van der Waals surface area contributed by atoms with Crippen molar-refractivity contribution in [3.63, 3.8) is 0 Å². The Morgan fingerprint density at radius 3 is 2.29 bits per heavy atom. The van der Waals surface area contributed by atoms with Crippen molar-refractivity contribution in [2.75, 3.05) is 6.54 Å². The average molecular weight is 287 g/mol. The van der Waals surface area contributed by atoms with Crippen molar-refractivity contribution in [3.05, 3.63) is 34.9 Å². The number of hydrogen-bond acceptors (Lipinski definition) is 1. The van der Waals surface area contributed by atoms with Crippen LogP contribution in [0.4, 0.5) is 0 Å². The summed E-state index contributed by atoms with van der Waals surface area (Å²) >= 11 is 0. The van der Waals surface area contributed by atoms with Gasteiger partial charge in [0, 0.05) is 12.1 Å². The molecule has 0 amide bonds. The minimum absolute atomic E-state index is 0.202. The molecule has 0 fully saturated rings. The Morgan fingerprint density at radius 2 is 1.67 bits per heavy atom. The first-order valence-corrected chi connectivity index (χ1v) is 8.73. The van der Waals surface area contributed by atoms with Crippen LogP contribution >= 0.6 is 0 Å². The Kier molecular flexibility index (Phi) is 5.14. The highest BCUT2D eigenvalue weighted by molar-refractivity contribution is 5.35. The van der Waals surface area contributed by atoms with Gasteiger partial charge in [0.25, 0.3) is 0 Å². The molecule has 1 aliphatic rings. The van der Waals surface area contributed by atoms with E-state index in [-0.39, 0.29) is 5.54 Å². The molecule has 0 aromatic heterocycles. The molecule has 0 saturated heterocycles. The zero-order valence-corrected chi connectivity index (χ0v) is 14.7. The number of benzene rings is 1. The molecule has 118 valence electrons. The summed E-state index contributed by atoms with van der Waals surface area (Å²) in [6.07, 6.45) is 7.60. The van der Waals surface area contributed by atoms with Crippen LogP contribution in [0.3, 0.4) is 0 Å². The molecule has 0 aliphatic heterocycles. The fourth-order valence-electron chi connectivity index (χ4n) is 3.43. The summed E-state index contributed by atoms with van der Waals surface area (Å²) in [5.41, 5.74) is 5.32.